The zero-order valence-electron chi connectivity index (χ0n) is 8.73. The second kappa shape index (κ2) is 6.81. The number of hydrogen-bond donors (Lipinski definition) is 4. The molecule has 0 aromatic carbocycles. The molecule has 0 rings (SSSR count). The minimum atomic E-state index is -1.52. The largest absolute Gasteiger partial charge is 0.475 e. The van der Waals surface area contributed by atoms with E-state index in [0.717, 1.165) is 12.8 Å². The van der Waals surface area contributed by atoms with Gasteiger partial charge in [-0.05, 0) is 13.3 Å². The van der Waals surface area contributed by atoms with Gasteiger partial charge < -0.3 is 21.1 Å². The van der Waals surface area contributed by atoms with Crippen LogP contribution in [0.25, 0.3) is 0 Å². The lowest BCUT2D eigenvalue weighted by Gasteiger charge is -2.18. The van der Waals surface area contributed by atoms with Crippen molar-refractivity contribution in [1.82, 2.24) is 5.32 Å². The van der Waals surface area contributed by atoms with Gasteiger partial charge in [0.05, 0.1) is 12.0 Å². The highest BCUT2D eigenvalue weighted by molar-refractivity contribution is 6.43. The molecule has 0 aliphatic heterocycles. The van der Waals surface area contributed by atoms with Crippen molar-refractivity contribution < 1.29 is 14.8 Å². The molecule has 0 aromatic rings. The zero-order chi connectivity index (χ0) is 11.1. The number of nitrogens with two attached hydrogens (primary N) is 1. The first-order valence-corrected chi connectivity index (χ1v) is 4.91. The fourth-order valence-corrected chi connectivity index (χ4v) is 1.03. The molecule has 1 amide bonds. The highest BCUT2D eigenvalue weighted by Crippen LogP contribution is 2.01. The van der Waals surface area contributed by atoms with Crippen LogP contribution in [0.3, 0.4) is 0 Å². The molecule has 0 aliphatic rings. The quantitative estimate of drug-likeness (QED) is 0.416. The van der Waals surface area contributed by atoms with Gasteiger partial charge in [-0.25, -0.2) is 0 Å². The van der Waals surface area contributed by atoms with Crippen LogP contribution < -0.4 is 11.1 Å². The number of hydrogen-bond acceptors (Lipinski definition) is 4. The van der Waals surface area contributed by atoms with Crippen molar-refractivity contribution in [3.8, 4) is 0 Å². The lowest BCUT2D eigenvalue weighted by atomic mass is 9.76. The van der Waals surface area contributed by atoms with Crippen LogP contribution in [-0.2, 0) is 4.79 Å². The summed E-state index contributed by atoms with van der Waals surface area (Å²) in [5.41, 5.74) is 5.34. The smallest absolute Gasteiger partial charge is 0.426 e. The Hall–Kier alpha value is -0.585. The molecule has 82 valence electrons. The molecule has 0 spiro atoms. The van der Waals surface area contributed by atoms with Gasteiger partial charge in [-0.1, -0.05) is 19.8 Å². The summed E-state index contributed by atoms with van der Waals surface area (Å²) in [5, 5.41) is 20.4. The third kappa shape index (κ3) is 5.21. The molecule has 0 fully saturated rings. The number of amides is 1. The van der Waals surface area contributed by atoms with Crippen LogP contribution in [0.2, 0.25) is 0 Å². The van der Waals surface area contributed by atoms with Crippen molar-refractivity contribution in [2.75, 3.05) is 0 Å². The van der Waals surface area contributed by atoms with E-state index >= 15 is 0 Å². The summed E-state index contributed by atoms with van der Waals surface area (Å²) in [6, 6.07) is -0.627. The van der Waals surface area contributed by atoms with E-state index in [0.29, 0.717) is 6.42 Å². The summed E-state index contributed by atoms with van der Waals surface area (Å²) in [6.45, 7) is 3.55. The fraction of sp³-hybridized carbons (Fsp3) is 0.875. The minimum Gasteiger partial charge on any atom is -0.426 e. The first kappa shape index (κ1) is 13.4. The maximum atomic E-state index is 11.2. The molecule has 5 N–H and O–H groups in total. The van der Waals surface area contributed by atoms with Crippen molar-refractivity contribution in [3.05, 3.63) is 0 Å². The number of carbonyl (C=O) groups excluding carboxylic acids is 1. The fourth-order valence-electron chi connectivity index (χ4n) is 1.03. The Kier molecular flexibility index (Phi) is 6.52. The monoisotopic (exact) mass is 202 g/mol. The van der Waals surface area contributed by atoms with E-state index in [4.69, 9.17) is 15.8 Å². The van der Waals surface area contributed by atoms with Crippen LogP contribution in [0.4, 0.5) is 0 Å². The van der Waals surface area contributed by atoms with Gasteiger partial charge >= 0.3 is 7.12 Å². The lowest BCUT2D eigenvalue weighted by molar-refractivity contribution is -0.122. The molecule has 0 unspecified atom stereocenters. The number of unbranched alkanes of at least 4 members (excludes halogenated alkanes) is 1. The Labute approximate surface area is 84.8 Å². The second-order valence-corrected chi connectivity index (χ2v) is 3.46. The van der Waals surface area contributed by atoms with E-state index in [1.54, 1.807) is 6.92 Å². The van der Waals surface area contributed by atoms with Crippen LogP contribution >= 0.6 is 0 Å². The van der Waals surface area contributed by atoms with Crippen molar-refractivity contribution in [1.29, 1.82) is 0 Å². The number of nitrogens with one attached hydrogen (secondary N) is 1. The molecule has 0 heterocycles. The van der Waals surface area contributed by atoms with E-state index in [1.165, 1.54) is 0 Å². The van der Waals surface area contributed by atoms with Crippen LogP contribution in [0.1, 0.15) is 33.1 Å². The Balaban J connectivity index is 4.02. The second-order valence-electron chi connectivity index (χ2n) is 3.46. The first-order valence-electron chi connectivity index (χ1n) is 4.91. The predicted octanol–water partition coefficient (Wildman–Crippen LogP) is -0.979. The molecular weight excluding hydrogens is 183 g/mol. The zero-order valence-corrected chi connectivity index (χ0v) is 8.73. The van der Waals surface area contributed by atoms with E-state index in [1.807, 2.05) is 6.92 Å². The van der Waals surface area contributed by atoms with Gasteiger partial charge in [0, 0.05) is 0 Å². The molecule has 0 saturated carbocycles. The molecule has 0 aliphatic carbocycles. The Morgan fingerprint density at radius 3 is 2.50 bits per heavy atom. The Morgan fingerprint density at radius 2 is 2.14 bits per heavy atom. The number of carbonyl (C=O) groups is 1. The summed E-state index contributed by atoms with van der Waals surface area (Å²) in [7, 11) is -1.52. The van der Waals surface area contributed by atoms with Crippen LogP contribution in [0, 0.1) is 0 Å². The van der Waals surface area contributed by atoms with Gasteiger partial charge in [-0.3, -0.25) is 4.79 Å². The number of rotatable bonds is 6. The molecule has 14 heavy (non-hydrogen) atoms. The van der Waals surface area contributed by atoms with Crippen molar-refractivity contribution in [3.63, 3.8) is 0 Å². The Bertz CT molecular complexity index is 176. The minimum absolute atomic E-state index is 0.362. The summed E-state index contributed by atoms with van der Waals surface area (Å²) < 4.78 is 0. The first-order chi connectivity index (χ1) is 6.49. The summed E-state index contributed by atoms with van der Waals surface area (Å²) in [5.74, 6) is -0.979. The van der Waals surface area contributed by atoms with E-state index in [9.17, 15) is 4.79 Å². The van der Waals surface area contributed by atoms with Crippen LogP contribution in [0.5, 0.6) is 0 Å². The molecular formula is C8H19BN2O3. The van der Waals surface area contributed by atoms with Crippen molar-refractivity contribution in [2.24, 2.45) is 5.73 Å². The van der Waals surface area contributed by atoms with Gasteiger partial charge in [-0.15, -0.1) is 0 Å². The summed E-state index contributed by atoms with van der Waals surface area (Å²) >= 11 is 0. The highest BCUT2D eigenvalue weighted by atomic mass is 16.4. The average Bonchev–Trinajstić information content (AvgIpc) is 2.10. The van der Waals surface area contributed by atoms with Crippen molar-refractivity contribution >= 4 is 13.0 Å². The normalized spacial score (nSPS) is 14.6. The van der Waals surface area contributed by atoms with Gasteiger partial charge in [0.15, 0.2) is 0 Å². The lowest BCUT2D eigenvalue weighted by Crippen LogP contribution is -2.50. The maximum absolute atomic E-state index is 11.2. The standard InChI is InChI=1S/C8H19BN2O3/c1-3-4-5-7(9(13)14)11-8(12)6(2)10/h6-7,13-14H,3-5,10H2,1-2H3,(H,11,12)/t6-,7+/m0/s1. The summed E-state index contributed by atoms with van der Waals surface area (Å²) in [6.07, 6.45) is 2.32. The SMILES string of the molecule is CCCC[C@@H](NC(=O)[C@H](C)N)B(O)O. The molecule has 0 aromatic heterocycles. The third-order valence-electron chi connectivity index (χ3n) is 1.97. The molecule has 5 nitrogen and oxygen atoms in total. The molecule has 0 saturated heterocycles. The summed E-state index contributed by atoms with van der Waals surface area (Å²) in [4.78, 5) is 11.2. The highest BCUT2D eigenvalue weighted by Gasteiger charge is 2.25. The third-order valence-corrected chi connectivity index (χ3v) is 1.97. The average molecular weight is 202 g/mol. The topological polar surface area (TPSA) is 95.6 Å². The molecule has 0 radical (unpaired) electrons. The molecule has 0 bridgehead atoms. The van der Waals surface area contributed by atoms with Crippen LogP contribution in [-0.4, -0.2) is 35.1 Å². The van der Waals surface area contributed by atoms with Gasteiger partial charge in [0.25, 0.3) is 0 Å². The Morgan fingerprint density at radius 1 is 1.57 bits per heavy atom. The van der Waals surface area contributed by atoms with Gasteiger partial charge in [0.2, 0.25) is 5.91 Å². The van der Waals surface area contributed by atoms with Crippen LogP contribution in [0.15, 0.2) is 0 Å². The maximum Gasteiger partial charge on any atom is 0.475 e. The molecule has 2 atom stereocenters. The van der Waals surface area contributed by atoms with Gasteiger partial charge in [0.1, 0.15) is 0 Å². The predicted molar refractivity (Wildman–Crippen MR) is 55.3 cm³/mol. The molecule has 6 heteroatoms. The van der Waals surface area contributed by atoms with Gasteiger partial charge in [-0.2, -0.15) is 0 Å². The van der Waals surface area contributed by atoms with E-state index < -0.39 is 19.1 Å². The van der Waals surface area contributed by atoms with E-state index in [2.05, 4.69) is 5.32 Å². The van der Waals surface area contributed by atoms with E-state index in [-0.39, 0.29) is 5.91 Å². The van der Waals surface area contributed by atoms with Crippen molar-refractivity contribution in [2.45, 2.75) is 45.1 Å².